The largest absolute Gasteiger partial charge is 0.423 e. The zero-order valence-electron chi connectivity index (χ0n) is 9.11. The van der Waals surface area contributed by atoms with E-state index in [2.05, 4.69) is 4.98 Å². The van der Waals surface area contributed by atoms with Gasteiger partial charge in [0.1, 0.15) is 5.75 Å². The van der Waals surface area contributed by atoms with Crippen LogP contribution in [0.2, 0.25) is 0 Å². The Morgan fingerprint density at radius 1 is 1.12 bits per heavy atom. The van der Waals surface area contributed by atoms with Crippen LogP contribution in [-0.4, -0.2) is 11.0 Å². The van der Waals surface area contributed by atoms with E-state index >= 15 is 0 Å². The second-order valence-corrected chi connectivity index (χ2v) is 3.35. The second kappa shape index (κ2) is 5.61. The summed E-state index contributed by atoms with van der Waals surface area (Å²) in [4.78, 5) is 15.4. The average Bonchev–Trinajstić information content (AvgIpc) is 2.39. The highest BCUT2D eigenvalue weighted by Gasteiger charge is 1.98. The lowest BCUT2D eigenvalue weighted by atomic mass is 10.2. The standard InChI is InChI=1S/C14H11NO2/c16-14(17-13-6-2-1-3-7-13)9-8-12-5-4-10-15-11-12/h1-11H/b9-8+. The summed E-state index contributed by atoms with van der Waals surface area (Å²) in [5.41, 5.74) is 0.859. The van der Waals surface area contributed by atoms with Crippen molar-refractivity contribution in [2.75, 3.05) is 0 Å². The summed E-state index contributed by atoms with van der Waals surface area (Å²) in [7, 11) is 0. The van der Waals surface area contributed by atoms with Crippen molar-refractivity contribution >= 4 is 12.0 Å². The molecule has 0 spiro atoms. The number of hydrogen-bond acceptors (Lipinski definition) is 3. The molecular formula is C14H11NO2. The Balaban J connectivity index is 1.96. The molecule has 84 valence electrons. The van der Waals surface area contributed by atoms with Gasteiger partial charge in [0.25, 0.3) is 0 Å². The topological polar surface area (TPSA) is 39.2 Å². The third-order valence-electron chi connectivity index (χ3n) is 2.06. The first-order valence-electron chi connectivity index (χ1n) is 5.19. The predicted molar refractivity (Wildman–Crippen MR) is 65.3 cm³/mol. The molecule has 2 rings (SSSR count). The van der Waals surface area contributed by atoms with Crippen molar-refractivity contribution in [3.05, 3.63) is 66.5 Å². The van der Waals surface area contributed by atoms with Crippen molar-refractivity contribution in [1.82, 2.24) is 4.98 Å². The number of carbonyl (C=O) groups excluding carboxylic acids is 1. The van der Waals surface area contributed by atoms with E-state index in [1.54, 1.807) is 30.6 Å². The van der Waals surface area contributed by atoms with Crippen molar-refractivity contribution in [2.45, 2.75) is 0 Å². The van der Waals surface area contributed by atoms with Gasteiger partial charge in [0.05, 0.1) is 0 Å². The number of hydrogen-bond donors (Lipinski definition) is 0. The molecule has 0 fully saturated rings. The van der Waals surface area contributed by atoms with Crippen LogP contribution >= 0.6 is 0 Å². The van der Waals surface area contributed by atoms with Gasteiger partial charge in [-0.2, -0.15) is 0 Å². The minimum Gasteiger partial charge on any atom is -0.423 e. The molecule has 0 saturated heterocycles. The van der Waals surface area contributed by atoms with Gasteiger partial charge in [0, 0.05) is 18.5 Å². The molecule has 1 heterocycles. The molecule has 0 aliphatic carbocycles. The summed E-state index contributed by atoms with van der Waals surface area (Å²) in [6.45, 7) is 0. The quantitative estimate of drug-likeness (QED) is 0.458. The number of benzene rings is 1. The smallest absolute Gasteiger partial charge is 0.336 e. The Kier molecular flexibility index (Phi) is 3.65. The van der Waals surface area contributed by atoms with Gasteiger partial charge in [0.2, 0.25) is 0 Å². The minimum absolute atomic E-state index is 0.403. The number of pyridine rings is 1. The van der Waals surface area contributed by atoms with Gasteiger partial charge >= 0.3 is 5.97 Å². The Morgan fingerprint density at radius 3 is 2.65 bits per heavy atom. The SMILES string of the molecule is O=C(/C=C/c1cccnc1)Oc1ccccc1. The molecule has 0 N–H and O–H groups in total. The van der Waals surface area contributed by atoms with Gasteiger partial charge in [-0.25, -0.2) is 4.79 Å². The van der Waals surface area contributed by atoms with E-state index < -0.39 is 5.97 Å². The minimum atomic E-state index is -0.403. The van der Waals surface area contributed by atoms with Crippen LogP contribution < -0.4 is 4.74 Å². The fourth-order valence-corrected chi connectivity index (χ4v) is 1.28. The highest BCUT2D eigenvalue weighted by Crippen LogP contribution is 2.09. The summed E-state index contributed by atoms with van der Waals surface area (Å²) in [6, 6.07) is 12.6. The second-order valence-electron chi connectivity index (χ2n) is 3.35. The summed E-state index contributed by atoms with van der Waals surface area (Å²) in [5, 5.41) is 0. The van der Waals surface area contributed by atoms with Gasteiger partial charge in [-0.3, -0.25) is 4.98 Å². The van der Waals surface area contributed by atoms with Crippen molar-refractivity contribution in [3.8, 4) is 5.75 Å². The molecule has 0 unspecified atom stereocenters. The van der Waals surface area contributed by atoms with E-state index in [9.17, 15) is 4.79 Å². The molecule has 0 amide bonds. The van der Waals surface area contributed by atoms with Crippen LogP contribution in [0.3, 0.4) is 0 Å². The molecule has 1 aromatic carbocycles. The first kappa shape index (κ1) is 11.1. The van der Waals surface area contributed by atoms with Crippen LogP contribution in [-0.2, 0) is 4.79 Å². The molecule has 0 bridgehead atoms. The highest BCUT2D eigenvalue weighted by atomic mass is 16.5. The van der Waals surface area contributed by atoms with Gasteiger partial charge in [0.15, 0.2) is 0 Å². The predicted octanol–water partition coefficient (Wildman–Crippen LogP) is 2.70. The summed E-state index contributed by atoms with van der Waals surface area (Å²) >= 11 is 0. The molecule has 3 heteroatoms. The maximum atomic E-state index is 11.5. The average molecular weight is 225 g/mol. The van der Waals surface area contributed by atoms with Crippen LogP contribution in [0.15, 0.2) is 60.9 Å². The van der Waals surface area contributed by atoms with Gasteiger partial charge in [-0.05, 0) is 29.8 Å². The summed E-state index contributed by atoms with van der Waals surface area (Å²) in [5.74, 6) is 0.133. The van der Waals surface area contributed by atoms with Crippen molar-refractivity contribution in [3.63, 3.8) is 0 Å². The Hall–Kier alpha value is -2.42. The van der Waals surface area contributed by atoms with Gasteiger partial charge in [-0.15, -0.1) is 0 Å². The molecule has 0 radical (unpaired) electrons. The molecule has 3 nitrogen and oxygen atoms in total. The van der Waals surface area contributed by atoms with Crippen molar-refractivity contribution in [2.24, 2.45) is 0 Å². The highest BCUT2D eigenvalue weighted by molar-refractivity contribution is 5.88. The van der Waals surface area contributed by atoms with Crippen LogP contribution in [0.5, 0.6) is 5.75 Å². The van der Waals surface area contributed by atoms with Gasteiger partial charge < -0.3 is 4.74 Å². The number of aromatic nitrogens is 1. The summed E-state index contributed by atoms with van der Waals surface area (Å²) < 4.78 is 5.09. The monoisotopic (exact) mass is 225 g/mol. The fraction of sp³-hybridized carbons (Fsp3) is 0. The number of nitrogens with zero attached hydrogens (tertiary/aromatic N) is 1. The lowest BCUT2D eigenvalue weighted by Crippen LogP contribution is -2.03. The number of esters is 1. The number of ether oxygens (including phenoxy) is 1. The maximum absolute atomic E-state index is 11.5. The zero-order chi connectivity index (χ0) is 11.9. The maximum Gasteiger partial charge on any atom is 0.336 e. The molecule has 17 heavy (non-hydrogen) atoms. The lowest BCUT2D eigenvalue weighted by molar-refractivity contribution is -0.128. The molecule has 2 aromatic rings. The molecule has 0 saturated carbocycles. The van der Waals surface area contributed by atoms with E-state index in [1.165, 1.54) is 6.08 Å². The van der Waals surface area contributed by atoms with E-state index in [1.807, 2.05) is 30.3 Å². The zero-order valence-corrected chi connectivity index (χ0v) is 9.11. The van der Waals surface area contributed by atoms with Crippen molar-refractivity contribution < 1.29 is 9.53 Å². The normalized spacial score (nSPS) is 10.4. The first-order valence-corrected chi connectivity index (χ1v) is 5.19. The first-order chi connectivity index (χ1) is 8.34. The molecule has 1 aromatic heterocycles. The summed E-state index contributed by atoms with van der Waals surface area (Å²) in [6.07, 6.45) is 6.40. The number of carbonyl (C=O) groups is 1. The van der Waals surface area contributed by atoms with Gasteiger partial charge in [-0.1, -0.05) is 24.3 Å². The van der Waals surface area contributed by atoms with E-state index in [0.29, 0.717) is 5.75 Å². The van der Waals surface area contributed by atoms with Crippen LogP contribution in [0.25, 0.3) is 6.08 Å². The molecule has 0 aliphatic heterocycles. The van der Waals surface area contributed by atoms with Crippen LogP contribution in [0, 0.1) is 0 Å². The van der Waals surface area contributed by atoms with E-state index in [-0.39, 0.29) is 0 Å². The van der Waals surface area contributed by atoms with E-state index in [0.717, 1.165) is 5.56 Å². The molecule has 0 atom stereocenters. The van der Waals surface area contributed by atoms with E-state index in [4.69, 9.17) is 4.74 Å². The Bertz CT molecular complexity index is 506. The number of rotatable bonds is 3. The van der Waals surface area contributed by atoms with Crippen molar-refractivity contribution in [1.29, 1.82) is 0 Å². The molecular weight excluding hydrogens is 214 g/mol. The lowest BCUT2D eigenvalue weighted by Gasteiger charge is -1.99. The Morgan fingerprint density at radius 2 is 1.94 bits per heavy atom. The van der Waals surface area contributed by atoms with Crippen LogP contribution in [0.4, 0.5) is 0 Å². The fourth-order valence-electron chi connectivity index (χ4n) is 1.28. The number of para-hydroxylation sites is 1. The van der Waals surface area contributed by atoms with Crippen LogP contribution in [0.1, 0.15) is 5.56 Å². The Labute approximate surface area is 99.4 Å². The molecule has 0 aliphatic rings. The third kappa shape index (κ3) is 3.57. The third-order valence-corrected chi connectivity index (χ3v) is 2.06.